The van der Waals surface area contributed by atoms with Gasteiger partial charge in [0.1, 0.15) is 6.10 Å². The number of halogens is 3. The average Bonchev–Trinajstić information content (AvgIpc) is 2.65. The Morgan fingerprint density at radius 2 is 1.97 bits per heavy atom. The van der Waals surface area contributed by atoms with Crippen molar-refractivity contribution in [3.63, 3.8) is 0 Å². The zero-order valence-electron chi connectivity index (χ0n) is 15.6. The van der Waals surface area contributed by atoms with Crippen LogP contribution < -0.4 is 0 Å². The van der Waals surface area contributed by atoms with E-state index in [0.29, 0.717) is 24.1 Å². The van der Waals surface area contributed by atoms with E-state index < -0.39 is 29.8 Å². The zero-order valence-corrected chi connectivity index (χ0v) is 15.6. The lowest BCUT2D eigenvalue weighted by Gasteiger charge is -2.28. The number of esters is 1. The smallest absolute Gasteiger partial charge is 0.416 e. The highest BCUT2D eigenvalue weighted by Gasteiger charge is 2.32. The fourth-order valence-corrected chi connectivity index (χ4v) is 3.31. The Morgan fingerprint density at radius 3 is 2.66 bits per heavy atom. The normalized spacial score (nSPS) is 18.8. The van der Waals surface area contributed by atoms with E-state index in [1.807, 2.05) is 6.92 Å². The quantitative estimate of drug-likeness (QED) is 0.746. The number of aromatic nitrogens is 2. The van der Waals surface area contributed by atoms with Crippen molar-refractivity contribution in [2.45, 2.75) is 44.9 Å². The SMILES string of the molecule is C[C@H]1Cc2nnc(-c3cccc(C(F)(F)F)c3)cc2[C@@H](OC(=O)CCC(=O)O)C1. The van der Waals surface area contributed by atoms with Crippen molar-refractivity contribution >= 4 is 11.9 Å². The molecule has 0 aliphatic heterocycles. The van der Waals surface area contributed by atoms with Crippen LogP contribution >= 0.6 is 0 Å². The summed E-state index contributed by atoms with van der Waals surface area (Å²) < 4.78 is 44.5. The third-order valence-electron chi connectivity index (χ3n) is 4.71. The second-order valence-electron chi connectivity index (χ2n) is 7.13. The van der Waals surface area contributed by atoms with Crippen LogP contribution in [0.5, 0.6) is 0 Å². The van der Waals surface area contributed by atoms with Crippen LogP contribution in [0.2, 0.25) is 0 Å². The Morgan fingerprint density at radius 1 is 1.21 bits per heavy atom. The van der Waals surface area contributed by atoms with Gasteiger partial charge in [0.05, 0.1) is 29.8 Å². The van der Waals surface area contributed by atoms with E-state index >= 15 is 0 Å². The van der Waals surface area contributed by atoms with E-state index in [1.54, 1.807) is 6.07 Å². The van der Waals surface area contributed by atoms with Gasteiger partial charge in [-0.05, 0) is 37.0 Å². The van der Waals surface area contributed by atoms with Crippen molar-refractivity contribution in [1.82, 2.24) is 10.2 Å². The van der Waals surface area contributed by atoms with Gasteiger partial charge in [-0.3, -0.25) is 9.59 Å². The van der Waals surface area contributed by atoms with Crippen LogP contribution in [0, 0.1) is 5.92 Å². The largest absolute Gasteiger partial charge is 0.481 e. The lowest BCUT2D eigenvalue weighted by molar-refractivity contribution is -0.153. The molecule has 1 aliphatic carbocycles. The topological polar surface area (TPSA) is 89.4 Å². The molecular weight excluding hydrogens is 389 g/mol. The van der Waals surface area contributed by atoms with Gasteiger partial charge in [0.25, 0.3) is 0 Å². The molecule has 0 saturated heterocycles. The van der Waals surface area contributed by atoms with Gasteiger partial charge in [-0.2, -0.15) is 23.4 Å². The van der Waals surface area contributed by atoms with E-state index in [1.165, 1.54) is 12.1 Å². The average molecular weight is 408 g/mol. The zero-order chi connectivity index (χ0) is 21.2. The molecule has 3 rings (SSSR count). The Bertz CT molecular complexity index is 930. The van der Waals surface area contributed by atoms with Crippen LogP contribution in [0.1, 0.15) is 49.1 Å². The Kier molecular flexibility index (Phi) is 5.86. The number of hydrogen-bond donors (Lipinski definition) is 1. The predicted octanol–water partition coefficient (Wildman–Crippen LogP) is 4.19. The van der Waals surface area contributed by atoms with Gasteiger partial charge >= 0.3 is 18.1 Å². The van der Waals surface area contributed by atoms with Gasteiger partial charge in [0, 0.05) is 11.1 Å². The maximum Gasteiger partial charge on any atom is 0.416 e. The number of nitrogens with zero attached hydrogens (tertiary/aromatic N) is 2. The van der Waals surface area contributed by atoms with Gasteiger partial charge in [-0.15, -0.1) is 0 Å². The van der Waals surface area contributed by atoms with E-state index in [4.69, 9.17) is 9.84 Å². The fraction of sp³-hybridized carbons (Fsp3) is 0.400. The standard InChI is InChI=1S/C20H19F3N2O4/c1-11-7-16-14(17(8-11)29-19(28)6-5-18(26)27)10-15(24-25-16)12-3-2-4-13(9-12)20(21,22)23/h2-4,9-11,17H,5-8H2,1H3,(H,26,27)/t11-,17-/m0/s1. The molecule has 1 aliphatic rings. The molecule has 9 heteroatoms. The Hall–Kier alpha value is -2.97. The second-order valence-corrected chi connectivity index (χ2v) is 7.13. The molecule has 0 bridgehead atoms. The lowest BCUT2D eigenvalue weighted by atomic mass is 9.85. The molecule has 0 fully saturated rings. The number of ether oxygens (including phenoxy) is 1. The maximum absolute atomic E-state index is 13.0. The molecule has 0 radical (unpaired) electrons. The van der Waals surface area contributed by atoms with Crippen LogP contribution in [0.4, 0.5) is 13.2 Å². The summed E-state index contributed by atoms with van der Waals surface area (Å²) in [6, 6.07) is 6.37. The van der Waals surface area contributed by atoms with Crippen molar-refractivity contribution in [3.8, 4) is 11.3 Å². The lowest BCUT2D eigenvalue weighted by Crippen LogP contribution is -2.23. The van der Waals surface area contributed by atoms with E-state index in [-0.39, 0.29) is 30.0 Å². The number of hydrogen-bond acceptors (Lipinski definition) is 5. The third kappa shape index (κ3) is 5.10. The van der Waals surface area contributed by atoms with Gasteiger partial charge in [0.2, 0.25) is 0 Å². The third-order valence-corrected chi connectivity index (χ3v) is 4.71. The molecule has 154 valence electrons. The summed E-state index contributed by atoms with van der Waals surface area (Å²) >= 11 is 0. The Balaban J connectivity index is 1.90. The van der Waals surface area contributed by atoms with Crippen molar-refractivity contribution in [1.29, 1.82) is 0 Å². The first-order valence-electron chi connectivity index (χ1n) is 9.09. The molecule has 6 nitrogen and oxygen atoms in total. The number of carbonyl (C=O) groups excluding carboxylic acids is 1. The molecule has 0 amide bonds. The van der Waals surface area contributed by atoms with Crippen molar-refractivity contribution < 1.29 is 32.6 Å². The number of benzene rings is 1. The first-order chi connectivity index (χ1) is 13.6. The molecule has 0 unspecified atom stereocenters. The highest BCUT2D eigenvalue weighted by Crippen LogP contribution is 2.37. The minimum atomic E-state index is -4.48. The second kappa shape index (κ2) is 8.18. The summed E-state index contributed by atoms with van der Waals surface area (Å²) in [4.78, 5) is 22.6. The molecule has 2 aromatic rings. The summed E-state index contributed by atoms with van der Waals surface area (Å²) in [6.45, 7) is 1.96. The van der Waals surface area contributed by atoms with Gasteiger partial charge in [-0.25, -0.2) is 0 Å². The number of rotatable bonds is 5. The molecule has 1 aromatic carbocycles. The number of carboxylic acids is 1. The summed E-state index contributed by atoms with van der Waals surface area (Å²) in [5.41, 5.74) is 0.921. The Labute approximate surface area is 164 Å². The molecule has 1 aromatic heterocycles. The number of carboxylic acid groups (broad SMARTS) is 1. The van der Waals surface area contributed by atoms with E-state index in [2.05, 4.69) is 10.2 Å². The monoisotopic (exact) mass is 408 g/mol. The summed E-state index contributed by atoms with van der Waals surface area (Å²) in [5, 5.41) is 16.9. The van der Waals surface area contributed by atoms with E-state index in [0.717, 1.165) is 12.1 Å². The molecule has 1 N–H and O–H groups in total. The minimum absolute atomic E-state index is 0.161. The van der Waals surface area contributed by atoms with Crippen LogP contribution in [0.3, 0.4) is 0 Å². The maximum atomic E-state index is 13.0. The first-order valence-corrected chi connectivity index (χ1v) is 9.09. The number of aliphatic carboxylic acids is 1. The number of fused-ring (bicyclic) bond motifs is 1. The van der Waals surface area contributed by atoms with Crippen LogP contribution in [0.25, 0.3) is 11.3 Å². The number of alkyl halides is 3. The molecule has 0 saturated carbocycles. The van der Waals surface area contributed by atoms with Crippen molar-refractivity contribution in [3.05, 3.63) is 47.2 Å². The summed E-state index contributed by atoms with van der Waals surface area (Å²) in [7, 11) is 0. The van der Waals surface area contributed by atoms with Gasteiger partial charge in [-0.1, -0.05) is 19.1 Å². The van der Waals surface area contributed by atoms with Crippen molar-refractivity contribution in [2.75, 3.05) is 0 Å². The fourth-order valence-electron chi connectivity index (χ4n) is 3.31. The number of carbonyl (C=O) groups is 2. The van der Waals surface area contributed by atoms with E-state index in [9.17, 15) is 22.8 Å². The predicted molar refractivity (Wildman–Crippen MR) is 95.7 cm³/mol. The molecular formula is C20H19F3N2O4. The van der Waals surface area contributed by atoms with Crippen molar-refractivity contribution in [2.24, 2.45) is 5.92 Å². The van der Waals surface area contributed by atoms with Crippen LogP contribution in [0.15, 0.2) is 30.3 Å². The summed E-state index contributed by atoms with van der Waals surface area (Å²) in [6.07, 6.45) is -4.59. The minimum Gasteiger partial charge on any atom is -0.481 e. The summed E-state index contributed by atoms with van der Waals surface area (Å²) in [5.74, 6) is -1.58. The molecule has 29 heavy (non-hydrogen) atoms. The van der Waals surface area contributed by atoms with Gasteiger partial charge < -0.3 is 9.84 Å². The highest BCUT2D eigenvalue weighted by molar-refractivity contribution is 5.76. The molecule has 2 atom stereocenters. The first kappa shape index (κ1) is 20.8. The van der Waals surface area contributed by atoms with Crippen LogP contribution in [-0.4, -0.2) is 27.2 Å². The molecule has 1 heterocycles. The van der Waals surface area contributed by atoms with Crippen LogP contribution in [-0.2, 0) is 26.9 Å². The molecule has 0 spiro atoms. The van der Waals surface area contributed by atoms with Gasteiger partial charge in [0.15, 0.2) is 0 Å². The highest BCUT2D eigenvalue weighted by atomic mass is 19.4.